The summed E-state index contributed by atoms with van der Waals surface area (Å²) in [5.74, 6) is -0.0833. The summed E-state index contributed by atoms with van der Waals surface area (Å²) in [4.78, 5) is 30.0. The Kier molecular flexibility index (Phi) is 3.33. The van der Waals surface area contributed by atoms with Gasteiger partial charge in [-0.1, -0.05) is 38.1 Å². The first kappa shape index (κ1) is 13.5. The van der Waals surface area contributed by atoms with Gasteiger partial charge in [-0.15, -0.1) is 0 Å². The fourth-order valence-electron chi connectivity index (χ4n) is 2.61. The van der Waals surface area contributed by atoms with Gasteiger partial charge in [-0.05, 0) is 17.5 Å². The molecule has 1 saturated heterocycles. The molecule has 2 aromatic rings. The van der Waals surface area contributed by atoms with Crippen LogP contribution in [-0.2, 0) is 11.3 Å². The van der Waals surface area contributed by atoms with Gasteiger partial charge in [-0.25, -0.2) is 4.79 Å². The fourth-order valence-corrected chi connectivity index (χ4v) is 2.61. The number of hydrogen-bond acceptors (Lipinski definition) is 3. The lowest BCUT2D eigenvalue weighted by Crippen LogP contribution is -2.34. The summed E-state index contributed by atoms with van der Waals surface area (Å²) in [5, 5.41) is 3.74. The van der Waals surface area contributed by atoms with Gasteiger partial charge in [-0.2, -0.15) is 0 Å². The van der Waals surface area contributed by atoms with Gasteiger partial charge in [0.1, 0.15) is 6.04 Å². The molecule has 1 atom stereocenters. The highest BCUT2D eigenvalue weighted by Gasteiger charge is 2.39. The van der Waals surface area contributed by atoms with Crippen LogP contribution in [0.25, 0.3) is 10.9 Å². The van der Waals surface area contributed by atoms with Gasteiger partial charge in [0.25, 0.3) is 5.91 Å². The minimum absolute atomic E-state index is 0.0806. The maximum absolute atomic E-state index is 12.3. The van der Waals surface area contributed by atoms with Crippen LogP contribution in [0.2, 0.25) is 0 Å². The third kappa shape index (κ3) is 2.35. The lowest BCUT2D eigenvalue weighted by molar-refractivity contribution is -0.128. The highest BCUT2D eigenvalue weighted by Crippen LogP contribution is 2.21. The summed E-state index contributed by atoms with van der Waals surface area (Å²) < 4.78 is 0. The van der Waals surface area contributed by atoms with Crippen LogP contribution in [0.15, 0.2) is 36.5 Å². The molecule has 1 aromatic carbocycles. The molecule has 1 N–H and O–H groups in total. The van der Waals surface area contributed by atoms with Gasteiger partial charge < -0.3 is 5.32 Å². The number of carbonyl (C=O) groups is 2. The van der Waals surface area contributed by atoms with Crippen molar-refractivity contribution in [3.8, 4) is 0 Å². The zero-order valence-electron chi connectivity index (χ0n) is 12.0. The largest absolute Gasteiger partial charge is 0.326 e. The van der Waals surface area contributed by atoms with Crippen LogP contribution in [0.1, 0.15) is 19.4 Å². The van der Waals surface area contributed by atoms with Crippen LogP contribution in [0.4, 0.5) is 4.79 Å². The summed E-state index contributed by atoms with van der Waals surface area (Å²) in [7, 11) is 0. The number of para-hydroxylation sites is 1. The van der Waals surface area contributed by atoms with E-state index in [-0.39, 0.29) is 24.4 Å². The topological polar surface area (TPSA) is 62.3 Å². The molecule has 0 spiro atoms. The second kappa shape index (κ2) is 5.16. The molecule has 1 fully saturated rings. The summed E-state index contributed by atoms with van der Waals surface area (Å²) in [6.45, 7) is 4.10. The second-order valence-corrected chi connectivity index (χ2v) is 5.59. The van der Waals surface area contributed by atoms with Crippen molar-refractivity contribution in [2.24, 2.45) is 5.92 Å². The van der Waals surface area contributed by atoms with Crippen LogP contribution in [0.5, 0.6) is 0 Å². The Morgan fingerprint density at radius 3 is 2.71 bits per heavy atom. The second-order valence-electron chi connectivity index (χ2n) is 5.59. The Hall–Kier alpha value is -2.43. The molecule has 0 unspecified atom stereocenters. The number of nitrogens with zero attached hydrogens (tertiary/aromatic N) is 2. The summed E-state index contributed by atoms with van der Waals surface area (Å²) in [5.41, 5.74) is 1.70. The lowest BCUT2D eigenvalue weighted by atomic mass is 10.0. The molecule has 5 heteroatoms. The van der Waals surface area contributed by atoms with E-state index in [9.17, 15) is 9.59 Å². The van der Waals surface area contributed by atoms with E-state index in [1.807, 2.05) is 44.2 Å². The Morgan fingerprint density at radius 1 is 1.24 bits per heavy atom. The zero-order chi connectivity index (χ0) is 15.0. The molecule has 3 amide bonds. The van der Waals surface area contributed by atoms with Gasteiger partial charge in [0, 0.05) is 11.6 Å². The minimum Gasteiger partial charge on any atom is -0.326 e. The molecule has 1 aliphatic heterocycles. The number of nitrogens with one attached hydrogen (secondary N) is 1. The Morgan fingerprint density at radius 2 is 2.00 bits per heavy atom. The third-order valence-electron chi connectivity index (χ3n) is 3.77. The maximum Gasteiger partial charge on any atom is 0.325 e. The van der Waals surface area contributed by atoms with E-state index in [0.717, 1.165) is 16.5 Å². The lowest BCUT2D eigenvalue weighted by Gasteiger charge is -2.15. The standard InChI is InChI=1S/C16H17N3O2/c1-10(2)13-15(20)19(16(21)18-13)9-12-6-3-5-11-7-4-8-17-14(11)12/h3-8,10,13H,9H2,1-2H3,(H,18,21)/t13-/m0/s1. The van der Waals surface area contributed by atoms with Crippen molar-refractivity contribution in [2.45, 2.75) is 26.4 Å². The van der Waals surface area contributed by atoms with Crippen LogP contribution in [0, 0.1) is 5.92 Å². The molecule has 21 heavy (non-hydrogen) atoms. The quantitative estimate of drug-likeness (QED) is 0.879. The average molecular weight is 283 g/mol. The molecule has 0 aliphatic carbocycles. The number of fused-ring (bicyclic) bond motifs is 1. The van der Waals surface area contributed by atoms with E-state index < -0.39 is 6.04 Å². The summed E-state index contributed by atoms with van der Waals surface area (Å²) in [6.07, 6.45) is 1.72. The van der Waals surface area contributed by atoms with Gasteiger partial charge in [0.05, 0.1) is 12.1 Å². The number of rotatable bonds is 3. The minimum atomic E-state index is -0.430. The number of urea groups is 1. The van der Waals surface area contributed by atoms with Crippen molar-refractivity contribution < 1.29 is 9.59 Å². The van der Waals surface area contributed by atoms with E-state index in [2.05, 4.69) is 10.3 Å². The maximum atomic E-state index is 12.3. The normalized spacial score (nSPS) is 18.6. The number of benzene rings is 1. The van der Waals surface area contributed by atoms with Gasteiger partial charge in [0.2, 0.25) is 0 Å². The van der Waals surface area contributed by atoms with E-state index in [0.29, 0.717) is 0 Å². The predicted octanol–water partition coefficient (Wildman–Crippen LogP) is 2.31. The van der Waals surface area contributed by atoms with Crippen molar-refractivity contribution in [1.82, 2.24) is 15.2 Å². The molecule has 1 aliphatic rings. The third-order valence-corrected chi connectivity index (χ3v) is 3.77. The SMILES string of the molecule is CC(C)[C@@H]1NC(=O)N(Cc2cccc3cccnc23)C1=O. The zero-order valence-corrected chi connectivity index (χ0v) is 12.0. The van der Waals surface area contributed by atoms with E-state index in [1.54, 1.807) is 6.20 Å². The van der Waals surface area contributed by atoms with Crippen molar-refractivity contribution in [1.29, 1.82) is 0 Å². The number of pyridine rings is 1. The Balaban J connectivity index is 1.92. The van der Waals surface area contributed by atoms with Crippen LogP contribution >= 0.6 is 0 Å². The molecule has 1 aromatic heterocycles. The molecule has 5 nitrogen and oxygen atoms in total. The average Bonchev–Trinajstić information content (AvgIpc) is 2.76. The molecule has 0 saturated carbocycles. The summed E-state index contributed by atoms with van der Waals surface area (Å²) in [6, 6.07) is 8.86. The first-order valence-electron chi connectivity index (χ1n) is 7.02. The first-order valence-corrected chi connectivity index (χ1v) is 7.02. The van der Waals surface area contributed by atoms with Crippen molar-refractivity contribution in [3.63, 3.8) is 0 Å². The molecular weight excluding hydrogens is 266 g/mol. The first-order chi connectivity index (χ1) is 10.1. The van der Waals surface area contributed by atoms with Crippen molar-refractivity contribution >= 4 is 22.8 Å². The van der Waals surface area contributed by atoms with E-state index >= 15 is 0 Å². The smallest absolute Gasteiger partial charge is 0.325 e. The monoisotopic (exact) mass is 283 g/mol. The Labute approximate surface area is 123 Å². The number of carbonyl (C=O) groups excluding carboxylic acids is 2. The number of aromatic nitrogens is 1. The van der Waals surface area contributed by atoms with E-state index in [4.69, 9.17) is 0 Å². The summed E-state index contributed by atoms with van der Waals surface area (Å²) >= 11 is 0. The molecule has 0 radical (unpaired) electrons. The van der Waals surface area contributed by atoms with E-state index in [1.165, 1.54) is 4.90 Å². The van der Waals surface area contributed by atoms with Crippen molar-refractivity contribution in [2.75, 3.05) is 0 Å². The van der Waals surface area contributed by atoms with Crippen LogP contribution in [0.3, 0.4) is 0 Å². The molecule has 0 bridgehead atoms. The van der Waals surface area contributed by atoms with Gasteiger partial charge in [-0.3, -0.25) is 14.7 Å². The molecule has 108 valence electrons. The van der Waals surface area contributed by atoms with Crippen LogP contribution < -0.4 is 5.32 Å². The highest BCUT2D eigenvalue weighted by molar-refractivity contribution is 6.04. The molecule has 2 heterocycles. The molecule has 3 rings (SSSR count). The van der Waals surface area contributed by atoms with Crippen LogP contribution in [-0.4, -0.2) is 27.9 Å². The molecular formula is C16H17N3O2. The van der Waals surface area contributed by atoms with Gasteiger partial charge in [0.15, 0.2) is 0 Å². The number of hydrogen-bond donors (Lipinski definition) is 1. The van der Waals surface area contributed by atoms with Crippen molar-refractivity contribution in [3.05, 3.63) is 42.1 Å². The predicted molar refractivity (Wildman–Crippen MR) is 79.5 cm³/mol. The highest BCUT2D eigenvalue weighted by atomic mass is 16.2. The fraction of sp³-hybridized carbons (Fsp3) is 0.312. The number of imide groups is 1. The Bertz CT molecular complexity index is 706. The number of amides is 3. The van der Waals surface area contributed by atoms with Gasteiger partial charge >= 0.3 is 6.03 Å².